The Bertz CT molecular complexity index is 861. The van der Waals surface area contributed by atoms with E-state index in [1.165, 1.54) is 6.26 Å². The van der Waals surface area contributed by atoms with E-state index in [0.717, 1.165) is 16.9 Å². The molecule has 0 aliphatic rings. The maximum atomic E-state index is 13.1. The van der Waals surface area contributed by atoms with E-state index in [0.29, 0.717) is 19.6 Å². The van der Waals surface area contributed by atoms with Gasteiger partial charge in [-0.2, -0.15) is 0 Å². The smallest absolute Gasteiger partial charge is 0.290 e. The molecule has 0 saturated heterocycles. The zero-order chi connectivity index (χ0) is 19.8. The number of carbonyl (C=O) groups is 2. The van der Waals surface area contributed by atoms with Gasteiger partial charge in [0.15, 0.2) is 5.76 Å². The molecule has 0 spiro atoms. The summed E-state index contributed by atoms with van der Waals surface area (Å²) in [7, 11) is 0. The molecule has 0 saturated carbocycles. The van der Waals surface area contributed by atoms with Crippen LogP contribution < -0.4 is 0 Å². The van der Waals surface area contributed by atoms with Crippen molar-refractivity contribution < 1.29 is 14.0 Å². The summed E-state index contributed by atoms with van der Waals surface area (Å²) in [6, 6.07) is 17.2. The van der Waals surface area contributed by atoms with Crippen LogP contribution >= 0.6 is 11.3 Å². The van der Waals surface area contributed by atoms with E-state index in [1.807, 2.05) is 54.8 Å². The molecule has 6 heteroatoms. The van der Waals surface area contributed by atoms with Gasteiger partial charge in [-0.15, -0.1) is 11.3 Å². The van der Waals surface area contributed by atoms with E-state index in [-0.39, 0.29) is 24.1 Å². The number of carbonyl (C=O) groups excluding carboxylic acids is 2. The predicted molar refractivity (Wildman–Crippen MR) is 110 cm³/mol. The normalized spacial score (nSPS) is 10.6. The molecule has 0 fully saturated rings. The molecule has 0 radical (unpaired) electrons. The Morgan fingerprint density at radius 3 is 2.43 bits per heavy atom. The van der Waals surface area contributed by atoms with Crippen LogP contribution in [0.5, 0.6) is 0 Å². The highest BCUT2D eigenvalue weighted by atomic mass is 32.1. The second-order valence-electron chi connectivity index (χ2n) is 6.52. The van der Waals surface area contributed by atoms with Crippen molar-refractivity contribution in [2.24, 2.45) is 0 Å². The van der Waals surface area contributed by atoms with Crippen LogP contribution in [0.15, 0.2) is 70.7 Å². The van der Waals surface area contributed by atoms with Gasteiger partial charge < -0.3 is 14.2 Å². The van der Waals surface area contributed by atoms with E-state index in [1.54, 1.807) is 33.3 Å². The predicted octanol–water partition coefficient (Wildman–Crippen LogP) is 4.42. The van der Waals surface area contributed by atoms with Crippen molar-refractivity contribution in [2.75, 3.05) is 13.1 Å². The third-order valence-corrected chi connectivity index (χ3v) is 5.20. The summed E-state index contributed by atoms with van der Waals surface area (Å²) in [6.07, 6.45) is 2.24. The maximum absolute atomic E-state index is 13.1. The molecule has 3 aromatic rings. The lowest BCUT2D eigenvalue weighted by atomic mass is 10.2. The molecule has 2 aromatic heterocycles. The number of furan rings is 1. The van der Waals surface area contributed by atoms with Crippen molar-refractivity contribution in [3.05, 3.63) is 82.4 Å². The highest BCUT2D eigenvalue weighted by molar-refractivity contribution is 7.09. The standard InChI is InChI=1S/C22H24N2O3S/c1-2-12-23(22(26)20-11-6-13-27-20)17-21(25)24(16-19-10-7-14-28-19)15-18-8-4-3-5-9-18/h3-11,13-14H,2,12,15-17H2,1H3. The average Bonchev–Trinajstić information content (AvgIpc) is 3.41. The summed E-state index contributed by atoms with van der Waals surface area (Å²) in [5, 5.41) is 2.00. The van der Waals surface area contributed by atoms with Crippen molar-refractivity contribution >= 4 is 23.2 Å². The first-order valence-corrected chi connectivity index (χ1v) is 10.2. The van der Waals surface area contributed by atoms with Gasteiger partial charge >= 0.3 is 0 Å². The molecule has 0 aliphatic carbocycles. The first-order chi connectivity index (χ1) is 13.7. The summed E-state index contributed by atoms with van der Waals surface area (Å²) in [5.41, 5.74) is 1.06. The molecular formula is C22H24N2O3S. The topological polar surface area (TPSA) is 53.8 Å². The quantitative estimate of drug-likeness (QED) is 0.538. The van der Waals surface area contributed by atoms with E-state index in [9.17, 15) is 9.59 Å². The molecule has 0 bridgehead atoms. The number of hydrogen-bond donors (Lipinski definition) is 0. The van der Waals surface area contributed by atoms with Crippen molar-refractivity contribution in [1.29, 1.82) is 0 Å². The summed E-state index contributed by atoms with van der Waals surface area (Å²) in [4.78, 5) is 30.3. The molecule has 5 nitrogen and oxygen atoms in total. The van der Waals surface area contributed by atoms with Crippen LogP contribution in [0, 0.1) is 0 Å². The van der Waals surface area contributed by atoms with Gasteiger partial charge in [-0.3, -0.25) is 9.59 Å². The molecule has 3 rings (SSSR count). The molecule has 146 valence electrons. The number of thiophene rings is 1. The first kappa shape index (κ1) is 19.9. The highest BCUT2D eigenvalue weighted by Crippen LogP contribution is 2.16. The minimum absolute atomic E-state index is 0.0333. The minimum atomic E-state index is -0.254. The fraction of sp³-hybridized carbons (Fsp3) is 0.273. The van der Waals surface area contributed by atoms with Gasteiger partial charge in [0.05, 0.1) is 12.8 Å². The van der Waals surface area contributed by atoms with Crippen LogP contribution in [0.4, 0.5) is 0 Å². The van der Waals surface area contributed by atoms with Crippen LogP contribution in [-0.2, 0) is 17.9 Å². The maximum Gasteiger partial charge on any atom is 0.290 e. The lowest BCUT2D eigenvalue weighted by Crippen LogP contribution is -2.42. The third kappa shape index (κ3) is 5.33. The molecule has 0 atom stereocenters. The summed E-state index contributed by atoms with van der Waals surface area (Å²) in [6.45, 7) is 3.56. The zero-order valence-corrected chi connectivity index (χ0v) is 16.7. The number of amides is 2. The molecular weight excluding hydrogens is 372 g/mol. The van der Waals surface area contributed by atoms with Gasteiger partial charge in [0.1, 0.15) is 6.54 Å². The van der Waals surface area contributed by atoms with Gasteiger partial charge in [0.25, 0.3) is 5.91 Å². The molecule has 2 heterocycles. The van der Waals surface area contributed by atoms with Gasteiger partial charge in [-0.1, -0.05) is 43.3 Å². The Balaban J connectivity index is 1.75. The van der Waals surface area contributed by atoms with Crippen LogP contribution in [-0.4, -0.2) is 34.7 Å². The summed E-state index contributed by atoms with van der Waals surface area (Å²) in [5.74, 6) is -0.0734. The summed E-state index contributed by atoms with van der Waals surface area (Å²) < 4.78 is 5.23. The Hall–Kier alpha value is -2.86. The average molecular weight is 397 g/mol. The van der Waals surface area contributed by atoms with E-state index >= 15 is 0 Å². The molecule has 28 heavy (non-hydrogen) atoms. The fourth-order valence-electron chi connectivity index (χ4n) is 2.97. The van der Waals surface area contributed by atoms with Crippen molar-refractivity contribution in [1.82, 2.24) is 9.80 Å². The van der Waals surface area contributed by atoms with E-state index in [2.05, 4.69) is 0 Å². The van der Waals surface area contributed by atoms with Crippen molar-refractivity contribution in [3.63, 3.8) is 0 Å². The summed E-state index contributed by atoms with van der Waals surface area (Å²) >= 11 is 1.62. The zero-order valence-electron chi connectivity index (χ0n) is 15.9. The molecule has 2 amide bonds. The van der Waals surface area contributed by atoms with Gasteiger partial charge in [-0.05, 0) is 35.6 Å². The number of nitrogens with zero attached hydrogens (tertiary/aromatic N) is 2. The Morgan fingerprint density at radius 1 is 0.964 bits per heavy atom. The third-order valence-electron chi connectivity index (χ3n) is 4.33. The van der Waals surface area contributed by atoms with Crippen LogP contribution in [0.2, 0.25) is 0 Å². The van der Waals surface area contributed by atoms with Crippen LogP contribution in [0.1, 0.15) is 34.3 Å². The Kier molecular flexibility index (Phi) is 7.03. The van der Waals surface area contributed by atoms with E-state index < -0.39 is 0 Å². The second kappa shape index (κ2) is 9.90. The number of hydrogen-bond acceptors (Lipinski definition) is 4. The SMILES string of the molecule is CCCN(CC(=O)N(Cc1ccccc1)Cc1cccs1)C(=O)c1ccco1. The lowest BCUT2D eigenvalue weighted by Gasteiger charge is -2.27. The van der Waals surface area contributed by atoms with E-state index in [4.69, 9.17) is 4.42 Å². The number of rotatable bonds is 9. The van der Waals surface area contributed by atoms with Crippen LogP contribution in [0.3, 0.4) is 0 Å². The van der Waals surface area contributed by atoms with Crippen molar-refractivity contribution in [3.8, 4) is 0 Å². The lowest BCUT2D eigenvalue weighted by molar-refractivity contribution is -0.133. The molecule has 0 aliphatic heterocycles. The highest BCUT2D eigenvalue weighted by Gasteiger charge is 2.23. The monoisotopic (exact) mass is 396 g/mol. The van der Waals surface area contributed by atoms with Gasteiger partial charge in [0.2, 0.25) is 5.91 Å². The Morgan fingerprint density at radius 2 is 1.79 bits per heavy atom. The fourth-order valence-corrected chi connectivity index (χ4v) is 3.69. The largest absolute Gasteiger partial charge is 0.459 e. The van der Waals surface area contributed by atoms with Gasteiger partial charge in [-0.25, -0.2) is 0 Å². The molecule has 0 unspecified atom stereocenters. The second-order valence-corrected chi connectivity index (χ2v) is 7.55. The number of benzene rings is 1. The Labute approximate surface area is 169 Å². The van der Waals surface area contributed by atoms with Crippen molar-refractivity contribution in [2.45, 2.75) is 26.4 Å². The van der Waals surface area contributed by atoms with Crippen LogP contribution in [0.25, 0.3) is 0 Å². The molecule has 0 N–H and O–H groups in total. The molecule has 1 aromatic carbocycles. The minimum Gasteiger partial charge on any atom is -0.459 e. The van der Waals surface area contributed by atoms with Gasteiger partial charge in [0, 0.05) is 18.0 Å². The first-order valence-electron chi connectivity index (χ1n) is 9.34.